The van der Waals surface area contributed by atoms with Gasteiger partial charge in [0.25, 0.3) is 34.4 Å². The molecule has 0 atom stereocenters. The molecule has 3 amide bonds. The number of carboxylic acids is 1. The monoisotopic (exact) mass is 1580 g/mol. The Morgan fingerprint density at radius 2 is 0.759 bits per heavy atom. The molecule has 0 aliphatic heterocycles. The Hall–Kier alpha value is -11.8. The largest absolute Gasteiger partial charge is 0.481 e. The Morgan fingerprint density at radius 3 is 1.03 bits per heavy atom. The number of hydrogen-bond acceptors (Lipinski definition) is 18. The summed E-state index contributed by atoms with van der Waals surface area (Å²) in [5.41, 5.74) is -6.82. The SMILES string of the molecule is Cc1cc(F)ccc1Oc1cc(C(F)(F)F)c(Cl)cc1C(=O)Nc1cnn(CO)c(=O)c1.Cc1cc(F)ccc1Oc1cc(C(F)(F)F)c(Cl)cc1C(=O)Nc1cnn(COC(=O)C(C)C)c(=O)c1.Cc1cc(F)ccc1Oc1cc(C(F)(F)F)c(Cl)cc1C(=O)Nc1cnn(COC(=O)CCC(=O)O)c(=O)c1. The number of rotatable bonds is 21. The Kier molecular flexibility index (Phi) is 27.4. The number of aliphatic carboxylic acids is 1. The van der Waals surface area contributed by atoms with Crippen LogP contribution in [0.4, 0.5) is 69.7 Å². The molecule has 0 fully saturated rings. The minimum absolute atomic E-state index is 0.00565. The molecule has 0 saturated carbocycles. The van der Waals surface area contributed by atoms with Crippen LogP contribution in [-0.4, -0.2) is 75.2 Å². The van der Waals surface area contributed by atoms with Crippen LogP contribution in [0.1, 0.15) is 91.1 Å². The number of aromatic nitrogens is 6. The zero-order valence-corrected chi connectivity index (χ0v) is 58.0. The van der Waals surface area contributed by atoms with Gasteiger partial charge in [0, 0.05) is 18.2 Å². The molecule has 0 unspecified atom stereocenters. The Labute approximate surface area is 613 Å². The van der Waals surface area contributed by atoms with Crippen molar-refractivity contribution in [2.24, 2.45) is 5.92 Å². The van der Waals surface area contributed by atoms with Crippen molar-refractivity contribution in [2.45, 2.75) is 86.2 Å². The van der Waals surface area contributed by atoms with E-state index in [0.29, 0.717) is 27.6 Å². The van der Waals surface area contributed by atoms with Crippen molar-refractivity contribution < 1.29 is 115 Å². The Balaban J connectivity index is 0.000000227. The highest BCUT2D eigenvalue weighted by Crippen LogP contribution is 2.44. The molecular weight excluding hydrogens is 1530 g/mol. The second-order valence-corrected chi connectivity index (χ2v) is 23.8. The highest BCUT2D eigenvalue weighted by molar-refractivity contribution is 6.33. The number of amides is 3. The first-order valence-electron chi connectivity index (χ1n) is 30.3. The van der Waals surface area contributed by atoms with Gasteiger partial charge in [-0.15, -0.1) is 0 Å². The molecule has 0 saturated heterocycles. The van der Waals surface area contributed by atoms with Crippen molar-refractivity contribution in [3.63, 3.8) is 0 Å². The van der Waals surface area contributed by atoms with Gasteiger partial charge in [-0.25, -0.2) is 17.9 Å². The summed E-state index contributed by atoms with van der Waals surface area (Å²) in [5, 5.41) is 33.3. The predicted octanol–water partition coefficient (Wildman–Crippen LogP) is 14.7. The molecule has 0 aliphatic carbocycles. The van der Waals surface area contributed by atoms with E-state index in [1.165, 1.54) is 39.0 Å². The van der Waals surface area contributed by atoms with Gasteiger partial charge in [-0.3, -0.25) is 43.2 Å². The zero-order chi connectivity index (χ0) is 80.0. The number of carbonyl (C=O) groups is 6. The number of ether oxygens (including phenoxy) is 5. The molecule has 25 nitrogen and oxygen atoms in total. The second-order valence-electron chi connectivity index (χ2n) is 22.5. The lowest BCUT2D eigenvalue weighted by molar-refractivity contribution is -0.152. The third-order valence-corrected chi connectivity index (χ3v) is 15.1. The highest BCUT2D eigenvalue weighted by atomic mass is 35.5. The lowest BCUT2D eigenvalue weighted by atomic mass is 10.1. The van der Waals surface area contributed by atoms with Crippen molar-refractivity contribution in [3.8, 4) is 34.5 Å². The fourth-order valence-electron chi connectivity index (χ4n) is 8.74. The van der Waals surface area contributed by atoms with E-state index >= 15 is 0 Å². The van der Waals surface area contributed by atoms with E-state index in [9.17, 15) is 95.8 Å². The van der Waals surface area contributed by atoms with E-state index in [1.54, 1.807) is 13.8 Å². The lowest BCUT2D eigenvalue weighted by Crippen LogP contribution is -2.26. The van der Waals surface area contributed by atoms with Crippen molar-refractivity contribution in [2.75, 3.05) is 16.0 Å². The summed E-state index contributed by atoms with van der Waals surface area (Å²) in [6.07, 6.45) is -12.3. The van der Waals surface area contributed by atoms with Gasteiger partial charge in [-0.05, 0) is 128 Å². The fourth-order valence-corrected chi connectivity index (χ4v) is 9.55. The van der Waals surface area contributed by atoms with Gasteiger partial charge in [0.1, 0.15) is 58.7 Å². The van der Waals surface area contributed by atoms with Crippen LogP contribution >= 0.6 is 34.8 Å². The van der Waals surface area contributed by atoms with Crippen molar-refractivity contribution in [3.05, 3.63) is 241 Å². The number of halogens is 15. The standard InChI is InChI=1S/C24H18ClF4N3O7.C24H20ClF4N3O5.C20H14ClF4N3O4/c1-12-6-13(26)2-3-18(12)39-19-9-16(24(27,28)29)17(25)8-15(19)23(37)31-14-7-20(33)32(30-10-14)11-38-22(36)5-4-21(34)35;1-12(2)23(35)36-11-32-21(33)7-15(10-30-32)31-22(34)16-8-18(25)17(24(27,28)29)9-20(16)37-19-5-4-14(26)6-13(19)3;1-10-4-11(22)2-3-16(10)32-17-7-14(20(23,24)25)15(21)6-13(17)19(31)27-12-5-18(30)28(9-29)26-8-12/h2-3,6-10H,4-5,11H2,1H3,(H,31,37)(H,34,35);4-10,12H,11H2,1-3H3,(H,31,34);2-8,29H,9H2,1H3,(H,27,31). The van der Waals surface area contributed by atoms with Gasteiger partial charge in [-0.1, -0.05) is 48.7 Å². The predicted molar refractivity (Wildman–Crippen MR) is 358 cm³/mol. The summed E-state index contributed by atoms with van der Waals surface area (Å²) in [6, 6.07) is 16.7. The molecule has 570 valence electrons. The maximum atomic E-state index is 13.5. The average Bonchev–Trinajstić information content (AvgIpc) is 0.796. The van der Waals surface area contributed by atoms with Gasteiger partial charge >= 0.3 is 36.4 Å². The summed E-state index contributed by atoms with van der Waals surface area (Å²) in [7, 11) is 0. The quantitative estimate of drug-likeness (QED) is 0.0329. The highest BCUT2D eigenvalue weighted by Gasteiger charge is 2.38. The molecule has 9 rings (SSSR count). The number of alkyl halides is 9. The summed E-state index contributed by atoms with van der Waals surface area (Å²) >= 11 is 17.3. The van der Waals surface area contributed by atoms with E-state index in [2.05, 4.69) is 31.2 Å². The van der Waals surface area contributed by atoms with Crippen LogP contribution < -0.4 is 46.8 Å². The number of hydrogen-bond donors (Lipinski definition) is 5. The number of aryl methyl sites for hydroxylation is 3. The van der Waals surface area contributed by atoms with Gasteiger partial charge in [0.2, 0.25) is 0 Å². The third-order valence-electron chi connectivity index (χ3n) is 14.1. The van der Waals surface area contributed by atoms with Crippen molar-refractivity contribution in [1.82, 2.24) is 29.3 Å². The number of carboxylic acid groups (broad SMARTS) is 1. The number of carbonyl (C=O) groups excluding carboxylic acids is 5. The maximum Gasteiger partial charge on any atom is 0.417 e. The molecule has 0 bridgehead atoms. The Bertz CT molecular complexity index is 5140. The minimum atomic E-state index is -4.88. The molecule has 0 aliphatic rings. The fraction of sp³-hybridized carbons (Fsp3) is 0.206. The molecule has 0 spiro atoms. The number of aliphatic hydroxyl groups is 1. The third kappa shape index (κ3) is 22.8. The van der Waals surface area contributed by atoms with Crippen LogP contribution in [0.2, 0.25) is 15.1 Å². The van der Waals surface area contributed by atoms with Crippen molar-refractivity contribution in [1.29, 1.82) is 0 Å². The van der Waals surface area contributed by atoms with Crippen LogP contribution in [0.15, 0.2) is 142 Å². The Morgan fingerprint density at radius 1 is 0.454 bits per heavy atom. The molecule has 9 aromatic rings. The van der Waals surface area contributed by atoms with E-state index in [0.717, 1.165) is 96.1 Å². The van der Waals surface area contributed by atoms with Gasteiger partial charge < -0.3 is 49.8 Å². The van der Waals surface area contributed by atoms with E-state index in [1.807, 2.05) is 0 Å². The van der Waals surface area contributed by atoms with Crippen LogP contribution in [0.5, 0.6) is 34.5 Å². The molecule has 108 heavy (non-hydrogen) atoms. The molecular formula is C68H52Cl3F12N9O16. The first kappa shape index (κ1) is 83.4. The normalized spacial score (nSPS) is 11.3. The van der Waals surface area contributed by atoms with Gasteiger partial charge in [0.05, 0.1) is 103 Å². The number of nitrogens with one attached hydrogen (secondary N) is 3. The van der Waals surface area contributed by atoms with Crippen LogP contribution in [0, 0.1) is 44.1 Å². The number of nitrogens with zero attached hydrogens (tertiary/aromatic N) is 6. The van der Waals surface area contributed by atoms with E-state index in [4.69, 9.17) is 68.7 Å². The summed E-state index contributed by atoms with van der Waals surface area (Å²) in [4.78, 5) is 109. The molecule has 40 heteroatoms. The van der Waals surface area contributed by atoms with Crippen LogP contribution in [0.3, 0.4) is 0 Å². The molecule has 0 radical (unpaired) electrons. The molecule has 5 N–H and O–H groups in total. The lowest BCUT2D eigenvalue weighted by Gasteiger charge is -2.17. The second kappa shape index (κ2) is 35.5. The summed E-state index contributed by atoms with van der Waals surface area (Å²) < 4.78 is 190. The first-order chi connectivity index (χ1) is 50.5. The average molecular weight is 1590 g/mol. The number of anilines is 3. The summed E-state index contributed by atoms with van der Waals surface area (Å²) in [5.74, 6) is -9.31. The minimum Gasteiger partial charge on any atom is -0.481 e. The first-order valence-corrected chi connectivity index (χ1v) is 31.5. The van der Waals surface area contributed by atoms with Crippen LogP contribution in [-0.2, 0) is 62.6 Å². The summed E-state index contributed by atoms with van der Waals surface area (Å²) in [6.45, 7) is 5.85. The number of esters is 2. The maximum absolute atomic E-state index is 13.5. The topological polar surface area (TPSA) is 330 Å². The van der Waals surface area contributed by atoms with E-state index in [-0.39, 0.29) is 56.6 Å². The molecule has 6 aromatic carbocycles. The van der Waals surface area contributed by atoms with Gasteiger partial charge in [-0.2, -0.15) is 64.2 Å². The number of benzene rings is 6. The zero-order valence-electron chi connectivity index (χ0n) is 55.7. The number of aliphatic hydroxyl groups excluding tert-OH is 1. The van der Waals surface area contributed by atoms with E-state index < -0.39 is 187 Å². The smallest absolute Gasteiger partial charge is 0.417 e. The van der Waals surface area contributed by atoms with Crippen LogP contribution in [0.25, 0.3) is 0 Å². The molecule has 3 heterocycles. The molecule has 3 aromatic heterocycles. The van der Waals surface area contributed by atoms with Gasteiger partial charge in [0.15, 0.2) is 13.5 Å². The van der Waals surface area contributed by atoms with Crippen molar-refractivity contribution >= 4 is 87.5 Å².